The minimum Gasteiger partial charge on any atom is -0.352 e. The highest BCUT2D eigenvalue weighted by molar-refractivity contribution is 9.10. The van der Waals surface area contributed by atoms with Gasteiger partial charge in [0, 0.05) is 29.8 Å². The maximum atomic E-state index is 5.84. The van der Waals surface area contributed by atoms with Crippen LogP contribution in [0.2, 0.25) is 0 Å². The van der Waals surface area contributed by atoms with Crippen LogP contribution in [0.1, 0.15) is 18.9 Å². The van der Waals surface area contributed by atoms with Crippen LogP contribution in [0.25, 0.3) is 0 Å². The van der Waals surface area contributed by atoms with Gasteiger partial charge in [0.15, 0.2) is 0 Å². The Morgan fingerprint density at radius 3 is 3.00 bits per heavy atom. The summed E-state index contributed by atoms with van der Waals surface area (Å²) in [6.45, 7) is 6.13. The zero-order valence-corrected chi connectivity index (χ0v) is 11.4. The molecule has 2 heterocycles. The summed E-state index contributed by atoms with van der Waals surface area (Å²) in [5, 5.41) is 0. The van der Waals surface area contributed by atoms with Gasteiger partial charge < -0.3 is 10.6 Å². The summed E-state index contributed by atoms with van der Waals surface area (Å²) in [5.74, 6) is 1.72. The van der Waals surface area contributed by atoms with Crippen LogP contribution < -0.4 is 10.6 Å². The highest BCUT2D eigenvalue weighted by atomic mass is 79.9. The van der Waals surface area contributed by atoms with Crippen molar-refractivity contribution in [2.45, 2.75) is 26.3 Å². The number of nitrogens with zero attached hydrogens (tertiary/aromatic N) is 2. The molecule has 0 saturated carbocycles. The molecule has 1 aromatic heterocycles. The standard InChI is InChI=1S/C12H18BrN3/c1-8-3-4-16(11(8)6-14)12-5-9(2)10(13)7-15-12/h5,7-8,11H,3-4,6,14H2,1-2H3. The molecule has 16 heavy (non-hydrogen) atoms. The normalized spacial score (nSPS) is 25.1. The Labute approximate surface area is 105 Å². The molecule has 2 rings (SSSR count). The van der Waals surface area contributed by atoms with E-state index in [2.05, 4.69) is 45.7 Å². The van der Waals surface area contributed by atoms with Crippen LogP contribution in [0.3, 0.4) is 0 Å². The first-order valence-corrected chi connectivity index (χ1v) is 6.51. The number of halogens is 1. The summed E-state index contributed by atoms with van der Waals surface area (Å²) in [6, 6.07) is 2.57. The maximum Gasteiger partial charge on any atom is 0.129 e. The molecule has 0 radical (unpaired) electrons. The molecule has 2 atom stereocenters. The molecule has 3 nitrogen and oxygen atoms in total. The van der Waals surface area contributed by atoms with Crippen molar-refractivity contribution in [3.05, 3.63) is 22.3 Å². The molecular weight excluding hydrogens is 266 g/mol. The van der Waals surface area contributed by atoms with Crippen molar-refractivity contribution in [2.75, 3.05) is 18.0 Å². The van der Waals surface area contributed by atoms with Gasteiger partial charge in [-0.05, 0) is 46.8 Å². The second kappa shape index (κ2) is 4.72. The molecule has 1 aromatic rings. The van der Waals surface area contributed by atoms with E-state index in [0.29, 0.717) is 18.5 Å². The molecule has 0 bridgehead atoms. The lowest BCUT2D eigenvalue weighted by molar-refractivity contribution is 0.517. The van der Waals surface area contributed by atoms with Gasteiger partial charge in [-0.3, -0.25) is 0 Å². The summed E-state index contributed by atoms with van der Waals surface area (Å²) >= 11 is 3.48. The van der Waals surface area contributed by atoms with E-state index in [4.69, 9.17) is 5.73 Å². The van der Waals surface area contributed by atoms with Gasteiger partial charge in [0.25, 0.3) is 0 Å². The van der Waals surface area contributed by atoms with E-state index in [1.807, 2.05) is 6.20 Å². The fourth-order valence-electron chi connectivity index (χ4n) is 2.33. The van der Waals surface area contributed by atoms with E-state index in [9.17, 15) is 0 Å². The third-order valence-corrected chi connectivity index (χ3v) is 4.28. The Kier molecular flexibility index (Phi) is 3.50. The first-order valence-electron chi connectivity index (χ1n) is 5.72. The summed E-state index contributed by atoms with van der Waals surface area (Å²) < 4.78 is 1.06. The topological polar surface area (TPSA) is 42.1 Å². The van der Waals surface area contributed by atoms with Crippen molar-refractivity contribution < 1.29 is 0 Å². The van der Waals surface area contributed by atoms with Crippen molar-refractivity contribution in [1.82, 2.24) is 4.98 Å². The summed E-state index contributed by atoms with van der Waals surface area (Å²) in [7, 11) is 0. The molecule has 88 valence electrons. The second-order valence-electron chi connectivity index (χ2n) is 4.55. The van der Waals surface area contributed by atoms with Crippen LogP contribution in [0.15, 0.2) is 16.7 Å². The van der Waals surface area contributed by atoms with Gasteiger partial charge in [-0.2, -0.15) is 0 Å². The van der Waals surface area contributed by atoms with Crippen molar-refractivity contribution in [3.63, 3.8) is 0 Å². The van der Waals surface area contributed by atoms with Crippen LogP contribution in [0.5, 0.6) is 0 Å². The largest absolute Gasteiger partial charge is 0.352 e. The van der Waals surface area contributed by atoms with Gasteiger partial charge in [-0.15, -0.1) is 0 Å². The molecule has 0 amide bonds. The number of hydrogen-bond donors (Lipinski definition) is 1. The molecule has 1 aliphatic heterocycles. The molecule has 1 saturated heterocycles. The third kappa shape index (κ3) is 2.09. The van der Waals surface area contributed by atoms with Crippen LogP contribution in [-0.2, 0) is 0 Å². The summed E-state index contributed by atoms with van der Waals surface area (Å²) in [5.41, 5.74) is 7.06. The van der Waals surface area contributed by atoms with E-state index in [1.165, 1.54) is 12.0 Å². The number of rotatable bonds is 2. The van der Waals surface area contributed by atoms with E-state index in [0.717, 1.165) is 16.8 Å². The first-order chi connectivity index (χ1) is 7.63. The van der Waals surface area contributed by atoms with Gasteiger partial charge in [0.1, 0.15) is 5.82 Å². The monoisotopic (exact) mass is 283 g/mol. The molecular formula is C12H18BrN3. The molecule has 1 fully saturated rings. The minimum absolute atomic E-state index is 0.438. The van der Waals surface area contributed by atoms with Crippen molar-refractivity contribution in [3.8, 4) is 0 Å². The van der Waals surface area contributed by atoms with Crippen molar-refractivity contribution in [2.24, 2.45) is 11.7 Å². The molecule has 0 aliphatic carbocycles. The maximum absolute atomic E-state index is 5.84. The summed E-state index contributed by atoms with van der Waals surface area (Å²) in [4.78, 5) is 6.81. The summed E-state index contributed by atoms with van der Waals surface area (Å²) in [6.07, 6.45) is 3.08. The minimum atomic E-state index is 0.438. The third-order valence-electron chi connectivity index (χ3n) is 3.45. The molecule has 4 heteroatoms. The fraction of sp³-hybridized carbons (Fsp3) is 0.583. The van der Waals surface area contributed by atoms with Gasteiger partial charge in [-0.1, -0.05) is 6.92 Å². The predicted molar refractivity (Wildman–Crippen MR) is 70.6 cm³/mol. The Morgan fingerprint density at radius 1 is 1.62 bits per heavy atom. The van der Waals surface area contributed by atoms with Crippen LogP contribution >= 0.6 is 15.9 Å². The van der Waals surface area contributed by atoms with Crippen LogP contribution in [0, 0.1) is 12.8 Å². The number of anilines is 1. The lowest BCUT2D eigenvalue weighted by atomic mass is 10.0. The number of aryl methyl sites for hydroxylation is 1. The predicted octanol–water partition coefficient (Wildman–Crippen LogP) is 2.33. The Morgan fingerprint density at radius 2 is 2.38 bits per heavy atom. The first kappa shape index (κ1) is 11.9. The molecule has 1 aliphatic rings. The Hall–Kier alpha value is -0.610. The average Bonchev–Trinajstić information content (AvgIpc) is 2.63. The van der Waals surface area contributed by atoms with Gasteiger partial charge in [0.05, 0.1) is 0 Å². The molecule has 2 unspecified atom stereocenters. The Bertz CT molecular complexity index is 381. The highest BCUT2D eigenvalue weighted by Crippen LogP contribution is 2.29. The zero-order valence-electron chi connectivity index (χ0n) is 9.78. The lowest BCUT2D eigenvalue weighted by Gasteiger charge is -2.27. The van der Waals surface area contributed by atoms with E-state index in [-0.39, 0.29) is 0 Å². The number of nitrogens with two attached hydrogens (primary N) is 1. The highest BCUT2D eigenvalue weighted by Gasteiger charge is 2.30. The smallest absolute Gasteiger partial charge is 0.129 e. The molecule has 2 N–H and O–H groups in total. The molecule has 0 spiro atoms. The lowest BCUT2D eigenvalue weighted by Crippen LogP contribution is -2.38. The number of hydrogen-bond acceptors (Lipinski definition) is 3. The number of pyridine rings is 1. The SMILES string of the molecule is Cc1cc(N2CCC(C)C2CN)ncc1Br. The van der Waals surface area contributed by atoms with Crippen LogP contribution in [0.4, 0.5) is 5.82 Å². The average molecular weight is 284 g/mol. The quantitative estimate of drug-likeness (QED) is 0.906. The van der Waals surface area contributed by atoms with Crippen LogP contribution in [-0.4, -0.2) is 24.1 Å². The fourth-order valence-corrected chi connectivity index (χ4v) is 2.55. The van der Waals surface area contributed by atoms with Crippen molar-refractivity contribution >= 4 is 21.7 Å². The zero-order chi connectivity index (χ0) is 11.7. The van der Waals surface area contributed by atoms with E-state index < -0.39 is 0 Å². The Balaban J connectivity index is 2.27. The van der Waals surface area contributed by atoms with Gasteiger partial charge >= 0.3 is 0 Å². The molecule has 0 aromatic carbocycles. The second-order valence-corrected chi connectivity index (χ2v) is 5.41. The van der Waals surface area contributed by atoms with Crippen molar-refractivity contribution in [1.29, 1.82) is 0 Å². The van der Waals surface area contributed by atoms with E-state index >= 15 is 0 Å². The number of aromatic nitrogens is 1. The van der Waals surface area contributed by atoms with Gasteiger partial charge in [0.2, 0.25) is 0 Å². The van der Waals surface area contributed by atoms with Gasteiger partial charge in [-0.25, -0.2) is 4.98 Å². The van der Waals surface area contributed by atoms with E-state index in [1.54, 1.807) is 0 Å².